The predicted octanol–water partition coefficient (Wildman–Crippen LogP) is 1.96. The monoisotopic (exact) mass is 278 g/mol. The van der Waals surface area contributed by atoms with E-state index in [1.807, 2.05) is 4.90 Å². The van der Waals surface area contributed by atoms with E-state index in [0.717, 1.165) is 38.8 Å². The van der Waals surface area contributed by atoms with Gasteiger partial charge in [0.1, 0.15) is 0 Å². The van der Waals surface area contributed by atoms with E-state index in [2.05, 4.69) is 18.8 Å². The third-order valence-electron chi connectivity index (χ3n) is 4.55. The predicted molar refractivity (Wildman–Crippen MR) is 79.0 cm³/mol. The smallest absolute Gasteiger partial charge is 0.225 e. The Morgan fingerprint density at radius 1 is 1.30 bits per heavy atom. The van der Waals surface area contributed by atoms with Gasteiger partial charge >= 0.3 is 0 Å². The fourth-order valence-electron chi connectivity index (χ4n) is 3.10. The number of nitrogens with one attached hydrogen (secondary N) is 1. The standard InChI is InChI=1S/C16H26N2O2/c1-3-8-17-15(19)10-14-7-9-18(11-12(14)4-2)16(20)13-5-6-13/h3,12-14H,1,4-11H2,2H3,(H,17,19). The number of hydrogen-bond donors (Lipinski definition) is 1. The van der Waals surface area contributed by atoms with Crippen LogP contribution in [0.15, 0.2) is 12.7 Å². The molecule has 0 bridgehead atoms. The first kappa shape index (κ1) is 15.1. The van der Waals surface area contributed by atoms with E-state index in [9.17, 15) is 9.59 Å². The van der Waals surface area contributed by atoms with Crippen molar-refractivity contribution in [3.8, 4) is 0 Å². The van der Waals surface area contributed by atoms with Crippen LogP contribution in [0.4, 0.5) is 0 Å². The van der Waals surface area contributed by atoms with Crippen LogP contribution in [0, 0.1) is 17.8 Å². The molecule has 2 rings (SSSR count). The lowest BCUT2D eigenvalue weighted by atomic mass is 9.81. The highest BCUT2D eigenvalue weighted by Gasteiger charge is 2.37. The molecule has 112 valence electrons. The molecule has 2 aliphatic rings. The molecule has 2 unspecified atom stereocenters. The summed E-state index contributed by atoms with van der Waals surface area (Å²) in [4.78, 5) is 26.0. The molecule has 4 heteroatoms. The maximum atomic E-state index is 12.1. The summed E-state index contributed by atoms with van der Waals surface area (Å²) in [5.41, 5.74) is 0. The van der Waals surface area contributed by atoms with Gasteiger partial charge in [0, 0.05) is 32.0 Å². The van der Waals surface area contributed by atoms with E-state index in [1.54, 1.807) is 6.08 Å². The Labute approximate surface area is 121 Å². The van der Waals surface area contributed by atoms with Gasteiger partial charge in [-0.15, -0.1) is 6.58 Å². The number of amides is 2. The van der Waals surface area contributed by atoms with Crippen molar-refractivity contribution in [2.24, 2.45) is 17.8 Å². The fourth-order valence-corrected chi connectivity index (χ4v) is 3.10. The van der Waals surface area contributed by atoms with Crippen LogP contribution < -0.4 is 5.32 Å². The van der Waals surface area contributed by atoms with Gasteiger partial charge < -0.3 is 10.2 Å². The van der Waals surface area contributed by atoms with E-state index in [0.29, 0.717) is 36.6 Å². The summed E-state index contributed by atoms with van der Waals surface area (Å²) in [6, 6.07) is 0. The van der Waals surface area contributed by atoms with Gasteiger partial charge in [-0.3, -0.25) is 9.59 Å². The zero-order chi connectivity index (χ0) is 14.5. The SMILES string of the molecule is C=CCNC(=O)CC1CCN(C(=O)C2CC2)CC1CC. The van der Waals surface area contributed by atoms with Gasteiger partial charge in [-0.25, -0.2) is 0 Å². The van der Waals surface area contributed by atoms with Crippen molar-refractivity contribution < 1.29 is 9.59 Å². The van der Waals surface area contributed by atoms with Gasteiger partial charge in [0.15, 0.2) is 0 Å². The lowest BCUT2D eigenvalue weighted by molar-refractivity contribution is -0.135. The molecule has 2 atom stereocenters. The molecule has 20 heavy (non-hydrogen) atoms. The number of piperidine rings is 1. The minimum Gasteiger partial charge on any atom is -0.353 e. The normalized spacial score (nSPS) is 26.1. The summed E-state index contributed by atoms with van der Waals surface area (Å²) in [7, 11) is 0. The first-order valence-corrected chi connectivity index (χ1v) is 7.82. The molecule has 0 aromatic rings. The molecule has 0 aromatic carbocycles. The van der Waals surface area contributed by atoms with Gasteiger partial charge in [0.2, 0.25) is 11.8 Å². The number of carbonyl (C=O) groups is 2. The molecule has 1 saturated carbocycles. The van der Waals surface area contributed by atoms with E-state index < -0.39 is 0 Å². The summed E-state index contributed by atoms with van der Waals surface area (Å²) in [5, 5.41) is 2.85. The minimum atomic E-state index is 0.107. The second-order valence-corrected chi connectivity index (χ2v) is 6.07. The summed E-state index contributed by atoms with van der Waals surface area (Å²) in [6.07, 6.45) is 6.41. The highest BCUT2D eigenvalue weighted by Crippen LogP contribution is 2.35. The van der Waals surface area contributed by atoms with Crippen LogP contribution in [-0.4, -0.2) is 36.3 Å². The maximum absolute atomic E-state index is 12.1. The van der Waals surface area contributed by atoms with Gasteiger partial charge in [0.05, 0.1) is 0 Å². The van der Waals surface area contributed by atoms with Crippen molar-refractivity contribution in [1.82, 2.24) is 10.2 Å². The zero-order valence-electron chi connectivity index (χ0n) is 12.4. The van der Waals surface area contributed by atoms with Crippen LogP contribution in [0.25, 0.3) is 0 Å². The maximum Gasteiger partial charge on any atom is 0.225 e. The van der Waals surface area contributed by atoms with Crippen LogP contribution in [-0.2, 0) is 9.59 Å². The topological polar surface area (TPSA) is 49.4 Å². The van der Waals surface area contributed by atoms with Crippen LogP contribution in [0.1, 0.15) is 39.0 Å². The number of rotatable bonds is 6. The third-order valence-corrected chi connectivity index (χ3v) is 4.55. The van der Waals surface area contributed by atoms with Gasteiger partial charge in [-0.1, -0.05) is 19.4 Å². The van der Waals surface area contributed by atoms with E-state index in [1.165, 1.54) is 0 Å². The van der Waals surface area contributed by atoms with Crippen molar-refractivity contribution in [2.45, 2.75) is 39.0 Å². The van der Waals surface area contributed by atoms with Crippen LogP contribution in [0.3, 0.4) is 0 Å². The number of likely N-dealkylation sites (tertiary alicyclic amines) is 1. The Morgan fingerprint density at radius 2 is 2.05 bits per heavy atom. The molecule has 1 N–H and O–H groups in total. The van der Waals surface area contributed by atoms with Crippen molar-refractivity contribution in [1.29, 1.82) is 0 Å². The van der Waals surface area contributed by atoms with E-state index >= 15 is 0 Å². The van der Waals surface area contributed by atoms with Gasteiger partial charge in [-0.05, 0) is 31.1 Å². The van der Waals surface area contributed by atoms with Crippen LogP contribution in [0.5, 0.6) is 0 Å². The summed E-state index contributed by atoms with van der Waals surface area (Å²) in [5.74, 6) is 1.63. The Kier molecular flexibility index (Phi) is 5.21. The highest BCUT2D eigenvalue weighted by atomic mass is 16.2. The average molecular weight is 278 g/mol. The Balaban J connectivity index is 1.84. The molecule has 2 fully saturated rings. The first-order chi connectivity index (χ1) is 9.65. The third kappa shape index (κ3) is 3.84. The molecule has 2 amide bonds. The van der Waals surface area contributed by atoms with E-state index in [-0.39, 0.29) is 5.91 Å². The molecule has 1 aliphatic heterocycles. The first-order valence-electron chi connectivity index (χ1n) is 7.82. The molecule has 1 aliphatic carbocycles. The molecule has 0 radical (unpaired) electrons. The number of carbonyl (C=O) groups excluding carboxylic acids is 2. The Bertz CT molecular complexity index is 377. The number of nitrogens with zero attached hydrogens (tertiary/aromatic N) is 1. The largest absolute Gasteiger partial charge is 0.353 e. The zero-order valence-corrected chi connectivity index (χ0v) is 12.4. The molecule has 0 aromatic heterocycles. The number of hydrogen-bond acceptors (Lipinski definition) is 2. The Hall–Kier alpha value is -1.32. The van der Waals surface area contributed by atoms with Crippen molar-refractivity contribution in [3.63, 3.8) is 0 Å². The highest BCUT2D eigenvalue weighted by molar-refractivity contribution is 5.81. The quantitative estimate of drug-likeness (QED) is 0.755. The van der Waals surface area contributed by atoms with Crippen LogP contribution in [0.2, 0.25) is 0 Å². The fraction of sp³-hybridized carbons (Fsp3) is 0.750. The molecule has 0 spiro atoms. The lowest BCUT2D eigenvalue weighted by Crippen LogP contribution is -2.45. The van der Waals surface area contributed by atoms with Crippen molar-refractivity contribution in [2.75, 3.05) is 19.6 Å². The van der Waals surface area contributed by atoms with Crippen molar-refractivity contribution >= 4 is 11.8 Å². The summed E-state index contributed by atoms with van der Waals surface area (Å²) < 4.78 is 0. The second-order valence-electron chi connectivity index (χ2n) is 6.07. The molecule has 4 nitrogen and oxygen atoms in total. The summed E-state index contributed by atoms with van der Waals surface area (Å²) >= 11 is 0. The van der Waals surface area contributed by atoms with Gasteiger partial charge in [0.25, 0.3) is 0 Å². The minimum absolute atomic E-state index is 0.107. The lowest BCUT2D eigenvalue weighted by Gasteiger charge is -2.38. The average Bonchev–Trinajstić information content (AvgIpc) is 3.29. The van der Waals surface area contributed by atoms with Gasteiger partial charge in [-0.2, -0.15) is 0 Å². The van der Waals surface area contributed by atoms with E-state index in [4.69, 9.17) is 0 Å². The van der Waals surface area contributed by atoms with Crippen LogP contribution >= 0.6 is 0 Å². The summed E-state index contributed by atoms with van der Waals surface area (Å²) in [6.45, 7) is 7.96. The Morgan fingerprint density at radius 3 is 2.65 bits per heavy atom. The molecular formula is C16H26N2O2. The molecule has 1 heterocycles. The van der Waals surface area contributed by atoms with Crippen molar-refractivity contribution in [3.05, 3.63) is 12.7 Å². The second kappa shape index (κ2) is 6.91. The molecular weight excluding hydrogens is 252 g/mol. The molecule has 1 saturated heterocycles.